The Morgan fingerprint density at radius 1 is 1.16 bits per heavy atom. The zero-order valence-electron chi connectivity index (χ0n) is 11.1. The van der Waals surface area contributed by atoms with Crippen molar-refractivity contribution in [1.29, 1.82) is 0 Å². The molecule has 2 aromatic rings. The fourth-order valence-corrected chi connectivity index (χ4v) is 2.63. The van der Waals surface area contributed by atoms with E-state index < -0.39 is 0 Å². The summed E-state index contributed by atoms with van der Waals surface area (Å²) in [6, 6.07) is 8.09. The maximum Gasteiger partial charge on any atom is 0.0457 e. The van der Waals surface area contributed by atoms with E-state index >= 15 is 0 Å². The fraction of sp³-hybridized carbons (Fsp3) is 0.188. The molecule has 0 unspecified atom stereocenters. The van der Waals surface area contributed by atoms with Crippen molar-refractivity contribution in [3.63, 3.8) is 0 Å². The molecule has 1 aromatic heterocycles. The molecule has 1 aliphatic rings. The third-order valence-corrected chi connectivity index (χ3v) is 3.50. The van der Waals surface area contributed by atoms with Gasteiger partial charge in [0.15, 0.2) is 0 Å². The number of nitrogens with one attached hydrogen (secondary N) is 1. The van der Waals surface area contributed by atoms with Crippen LogP contribution in [0, 0.1) is 31.1 Å². The van der Waals surface area contributed by atoms with E-state index in [0.29, 0.717) is 0 Å². The minimum absolute atomic E-state index is 0.772. The summed E-state index contributed by atoms with van der Waals surface area (Å²) in [5, 5.41) is 1.92. The van der Waals surface area contributed by atoms with Crippen LogP contribution in [0.2, 0.25) is 5.02 Å². The average Bonchev–Trinajstić information content (AvgIpc) is 2.93. The Labute approximate surface area is 119 Å². The van der Waals surface area contributed by atoms with Crippen LogP contribution in [-0.2, 0) is 0 Å². The first-order valence-corrected chi connectivity index (χ1v) is 6.69. The highest BCUT2D eigenvalue weighted by Crippen LogP contribution is 2.39. The molecule has 5 radical (unpaired) electrons. The first kappa shape index (κ1) is 13.0. The first-order chi connectivity index (χ1) is 9.13. The lowest BCUT2D eigenvalue weighted by molar-refractivity contribution is 0.429. The van der Waals surface area contributed by atoms with Gasteiger partial charge in [0, 0.05) is 40.0 Å². The second kappa shape index (κ2) is 5.18. The van der Waals surface area contributed by atoms with E-state index in [2.05, 4.69) is 49.3 Å². The van der Waals surface area contributed by atoms with Crippen LogP contribution < -0.4 is 0 Å². The van der Waals surface area contributed by atoms with Crippen molar-refractivity contribution in [2.24, 2.45) is 0 Å². The van der Waals surface area contributed by atoms with Crippen LogP contribution in [-0.4, -0.2) is 30.5 Å². The minimum Gasteiger partial charge on any atom is -0.358 e. The van der Waals surface area contributed by atoms with Crippen LogP contribution in [0.15, 0.2) is 24.3 Å². The third kappa shape index (κ3) is 2.65. The van der Waals surface area contributed by atoms with E-state index in [9.17, 15) is 0 Å². The van der Waals surface area contributed by atoms with Gasteiger partial charge < -0.3 is 9.88 Å². The molecule has 3 heteroatoms. The van der Waals surface area contributed by atoms with Gasteiger partial charge in [0.2, 0.25) is 0 Å². The molecule has 2 nitrogen and oxygen atoms in total. The summed E-state index contributed by atoms with van der Waals surface area (Å²) in [6.45, 7) is 0.943. The van der Waals surface area contributed by atoms with E-state index in [-0.39, 0.29) is 0 Å². The molecule has 0 saturated heterocycles. The lowest BCUT2D eigenvalue weighted by Crippen LogP contribution is -2.22. The largest absolute Gasteiger partial charge is 0.358 e. The minimum atomic E-state index is 0.772. The Hall–Kier alpha value is -0.990. The molecule has 0 atom stereocenters. The molecule has 1 aliphatic carbocycles. The smallest absolute Gasteiger partial charge is 0.0457 e. The summed E-state index contributed by atoms with van der Waals surface area (Å²) in [5.74, 6) is 2.60. The van der Waals surface area contributed by atoms with Crippen molar-refractivity contribution in [3.05, 3.63) is 66.1 Å². The molecule has 0 bridgehead atoms. The number of rotatable bonds is 3. The molecule has 19 heavy (non-hydrogen) atoms. The van der Waals surface area contributed by atoms with Gasteiger partial charge in [0.25, 0.3) is 0 Å². The number of fused-ring (bicyclic) bond motifs is 1. The van der Waals surface area contributed by atoms with Crippen LogP contribution in [0.1, 0.15) is 5.69 Å². The standard InChI is InChI=1S/C16H16ClN2/c1-19(2)10-11-4-3-5-14(11)16-9-12-8-13(17)6-7-15(12)18-16/h3-9,18H,10H2,1-2H3. The molecule has 1 saturated carbocycles. The SMILES string of the molecule is CN(C)C[C]1[CH][CH][CH][C]1c1cc2cc(Cl)ccc2[nH]1. The Kier molecular flexibility index (Phi) is 3.55. The lowest BCUT2D eigenvalue weighted by atomic mass is 9.92. The summed E-state index contributed by atoms with van der Waals surface area (Å²) >= 11 is 6.03. The molecule has 3 rings (SSSR count). The number of benzene rings is 1. The molecule has 1 fully saturated rings. The van der Waals surface area contributed by atoms with Gasteiger partial charge in [-0.2, -0.15) is 0 Å². The molecular formula is C16H16ClN2. The van der Waals surface area contributed by atoms with Crippen LogP contribution in [0.25, 0.3) is 10.9 Å². The molecule has 0 spiro atoms. The van der Waals surface area contributed by atoms with Crippen molar-refractivity contribution in [3.8, 4) is 0 Å². The van der Waals surface area contributed by atoms with Gasteiger partial charge in [-0.1, -0.05) is 11.6 Å². The van der Waals surface area contributed by atoms with Gasteiger partial charge >= 0.3 is 0 Å². The van der Waals surface area contributed by atoms with Crippen molar-refractivity contribution in [2.45, 2.75) is 0 Å². The molecule has 0 aliphatic heterocycles. The highest BCUT2D eigenvalue weighted by Gasteiger charge is 2.31. The van der Waals surface area contributed by atoms with Crippen LogP contribution in [0.4, 0.5) is 0 Å². The summed E-state index contributed by atoms with van der Waals surface area (Å²) in [4.78, 5) is 5.64. The number of hydrogen-bond acceptors (Lipinski definition) is 1. The number of H-pyrrole nitrogens is 1. The maximum absolute atomic E-state index is 6.03. The topological polar surface area (TPSA) is 19.0 Å². The zero-order chi connectivity index (χ0) is 13.4. The van der Waals surface area contributed by atoms with E-state index in [1.54, 1.807) is 0 Å². The Morgan fingerprint density at radius 2 is 2.00 bits per heavy atom. The monoisotopic (exact) mass is 271 g/mol. The van der Waals surface area contributed by atoms with E-state index in [1.807, 2.05) is 18.2 Å². The van der Waals surface area contributed by atoms with Crippen molar-refractivity contribution in [1.82, 2.24) is 9.88 Å². The van der Waals surface area contributed by atoms with E-state index in [0.717, 1.165) is 28.2 Å². The Bertz CT molecular complexity index is 573. The number of aromatic nitrogens is 1. The van der Waals surface area contributed by atoms with Crippen LogP contribution >= 0.6 is 11.6 Å². The van der Waals surface area contributed by atoms with Crippen molar-refractivity contribution in [2.75, 3.05) is 20.6 Å². The second-order valence-corrected chi connectivity index (χ2v) is 5.55. The summed E-state index contributed by atoms with van der Waals surface area (Å²) in [6.07, 6.45) is 6.44. The van der Waals surface area contributed by atoms with Gasteiger partial charge in [-0.3, -0.25) is 0 Å². The first-order valence-electron chi connectivity index (χ1n) is 6.31. The predicted molar refractivity (Wildman–Crippen MR) is 80.4 cm³/mol. The quantitative estimate of drug-likeness (QED) is 0.905. The number of hydrogen-bond donors (Lipinski definition) is 1. The van der Waals surface area contributed by atoms with Gasteiger partial charge in [-0.25, -0.2) is 0 Å². The Balaban J connectivity index is 1.90. The van der Waals surface area contributed by atoms with Crippen LogP contribution in [0.3, 0.4) is 0 Å². The third-order valence-electron chi connectivity index (χ3n) is 3.27. The summed E-state index contributed by atoms with van der Waals surface area (Å²) < 4.78 is 0. The molecule has 1 heterocycles. The molecule has 97 valence electrons. The fourth-order valence-electron chi connectivity index (χ4n) is 2.45. The average molecular weight is 272 g/mol. The van der Waals surface area contributed by atoms with Crippen LogP contribution in [0.5, 0.6) is 0 Å². The van der Waals surface area contributed by atoms with Gasteiger partial charge in [0.05, 0.1) is 0 Å². The maximum atomic E-state index is 6.03. The molecule has 0 amide bonds. The lowest BCUT2D eigenvalue weighted by Gasteiger charge is -2.20. The van der Waals surface area contributed by atoms with E-state index in [1.165, 1.54) is 11.8 Å². The normalized spacial score (nSPS) is 17.9. The highest BCUT2D eigenvalue weighted by atomic mass is 35.5. The van der Waals surface area contributed by atoms with Gasteiger partial charge in [-0.15, -0.1) is 0 Å². The molecule has 1 N–H and O–H groups in total. The van der Waals surface area contributed by atoms with Gasteiger partial charge in [0.1, 0.15) is 0 Å². The van der Waals surface area contributed by atoms with Crippen molar-refractivity contribution >= 4 is 22.5 Å². The predicted octanol–water partition coefficient (Wildman–Crippen LogP) is 3.51. The second-order valence-electron chi connectivity index (χ2n) is 5.12. The molecule has 1 aromatic carbocycles. The number of halogens is 1. The highest BCUT2D eigenvalue weighted by molar-refractivity contribution is 6.31. The number of nitrogens with zero attached hydrogens (tertiary/aromatic N) is 1. The van der Waals surface area contributed by atoms with Gasteiger partial charge in [-0.05, 0) is 57.6 Å². The summed E-state index contributed by atoms with van der Waals surface area (Å²) in [5.41, 5.74) is 2.27. The van der Waals surface area contributed by atoms with E-state index in [4.69, 9.17) is 11.6 Å². The Morgan fingerprint density at radius 3 is 2.79 bits per heavy atom. The molecular weight excluding hydrogens is 256 g/mol. The zero-order valence-corrected chi connectivity index (χ0v) is 11.8. The summed E-state index contributed by atoms with van der Waals surface area (Å²) in [7, 11) is 4.17. The van der Waals surface area contributed by atoms with Crippen molar-refractivity contribution < 1.29 is 0 Å². The number of aromatic amines is 1.